The van der Waals surface area contributed by atoms with Gasteiger partial charge in [-0.2, -0.15) is 0 Å². The SMILES string of the molecule is CCOc1cccc(C(C)NC(C)C)c1. The Bertz CT molecular complexity index is 296. The molecule has 84 valence electrons. The highest BCUT2D eigenvalue weighted by Gasteiger charge is 2.06. The van der Waals surface area contributed by atoms with E-state index in [1.165, 1.54) is 5.56 Å². The first-order valence-electron chi connectivity index (χ1n) is 5.62. The molecular weight excluding hydrogens is 186 g/mol. The summed E-state index contributed by atoms with van der Waals surface area (Å²) in [5.41, 5.74) is 1.27. The Morgan fingerprint density at radius 3 is 2.60 bits per heavy atom. The van der Waals surface area contributed by atoms with Gasteiger partial charge >= 0.3 is 0 Å². The van der Waals surface area contributed by atoms with E-state index < -0.39 is 0 Å². The molecule has 0 aromatic heterocycles. The number of nitrogens with one attached hydrogen (secondary N) is 1. The molecular formula is C13H21NO. The maximum atomic E-state index is 5.47. The maximum Gasteiger partial charge on any atom is 0.119 e. The van der Waals surface area contributed by atoms with E-state index in [0.717, 1.165) is 12.4 Å². The normalized spacial score (nSPS) is 12.9. The Balaban J connectivity index is 2.71. The van der Waals surface area contributed by atoms with Gasteiger partial charge in [0, 0.05) is 12.1 Å². The molecule has 2 nitrogen and oxygen atoms in total. The predicted molar refractivity (Wildman–Crippen MR) is 64.3 cm³/mol. The highest BCUT2D eigenvalue weighted by atomic mass is 16.5. The molecule has 0 aliphatic carbocycles. The molecule has 1 unspecified atom stereocenters. The summed E-state index contributed by atoms with van der Waals surface area (Å²) in [7, 11) is 0. The van der Waals surface area contributed by atoms with Crippen LogP contribution < -0.4 is 10.1 Å². The van der Waals surface area contributed by atoms with Crippen molar-refractivity contribution in [2.75, 3.05) is 6.61 Å². The third-order valence-electron chi connectivity index (χ3n) is 2.25. The Kier molecular flexibility index (Phi) is 4.63. The predicted octanol–water partition coefficient (Wildman–Crippen LogP) is 3.14. The van der Waals surface area contributed by atoms with Gasteiger partial charge in [-0.25, -0.2) is 0 Å². The molecule has 0 radical (unpaired) electrons. The molecule has 1 rings (SSSR count). The summed E-state index contributed by atoms with van der Waals surface area (Å²) in [6.45, 7) is 9.20. The van der Waals surface area contributed by atoms with Gasteiger partial charge in [0.2, 0.25) is 0 Å². The zero-order valence-electron chi connectivity index (χ0n) is 10.1. The standard InChI is InChI=1S/C13H21NO/c1-5-15-13-8-6-7-12(9-13)11(4)14-10(2)3/h6-11,14H,5H2,1-4H3. The van der Waals surface area contributed by atoms with Crippen molar-refractivity contribution in [1.29, 1.82) is 0 Å². The van der Waals surface area contributed by atoms with Gasteiger partial charge in [-0.3, -0.25) is 0 Å². The van der Waals surface area contributed by atoms with Gasteiger partial charge < -0.3 is 10.1 Å². The molecule has 0 fully saturated rings. The van der Waals surface area contributed by atoms with Crippen LogP contribution in [0, 0.1) is 0 Å². The van der Waals surface area contributed by atoms with Crippen LogP contribution in [0.25, 0.3) is 0 Å². The van der Waals surface area contributed by atoms with E-state index in [1.54, 1.807) is 0 Å². The van der Waals surface area contributed by atoms with Gasteiger partial charge in [0.15, 0.2) is 0 Å². The van der Waals surface area contributed by atoms with Gasteiger partial charge in [-0.15, -0.1) is 0 Å². The van der Waals surface area contributed by atoms with E-state index in [1.807, 2.05) is 19.1 Å². The summed E-state index contributed by atoms with van der Waals surface area (Å²) in [5, 5.41) is 3.47. The molecule has 1 aromatic rings. The van der Waals surface area contributed by atoms with Crippen molar-refractivity contribution >= 4 is 0 Å². The summed E-state index contributed by atoms with van der Waals surface area (Å²) >= 11 is 0. The van der Waals surface area contributed by atoms with E-state index >= 15 is 0 Å². The molecule has 1 aromatic carbocycles. The zero-order valence-corrected chi connectivity index (χ0v) is 10.1. The smallest absolute Gasteiger partial charge is 0.119 e. The second-order valence-corrected chi connectivity index (χ2v) is 4.05. The van der Waals surface area contributed by atoms with Crippen LogP contribution in [0.3, 0.4) is 0 Å². The molecule has 15 heavy (non-hydrogen) atoms. The minimum atomic E-state index is 0.366. The Morgan fingerprint density at radius 2 is 2.00 bits per heavy atom. The molecule has 0 aliphatic rings. The maximum absolute atomic E-state index is 5.47. The van der Waals surface area contributed by atoms with Crippen LogP contribution in [0.1, 0.15) is 39.3 Å². The molecule has 1 atom stereocenters. The molecule has 0 bridgehead atoms. The number of benzene rings is 1. The largest absolute Gasteiger partial charge is 0.494 e. The van der Waals surface area contributed by atoms with Gasteiger partial charge in [0.25, 0.3) is 0 Å². The summed E-state index contributed by atoms with van der Waals surface area (Å²) in [5.74, 6) is 0.951. The lowest BCUT2D eigenvalue weighted by Gasteiger charge is -2.17. The minimum Gasteiger partial charge on any atom is -0.494 e. The number of hydrogen-bond acceptors (Lipinski definition) is 2. The molecule has 0 saturated heterocycles. The van der Waals surface area contributed by atoms with Crippen molar-refractivity contribution in [3.8, 4) is 5.75 Å². The van der Waals surface area contributed by atoms with Crippen LogP contribution >= 0.6 is 0 Å². The monoisotopic (exact) mass is 207 g/mol. The van der Waals surface area contributed by atoms with Crippen LogP contribution in [-0.4, -0.2) is 12.6 Å². The fraction of sp³-hybridized carbons (Fsp3) is 0.538. The van der Waals surface area contributed by atoms with Gasteiger partial charge in [-0.1, -0.05) is 26.0 Å². The first kappa shape index (κ1) is 12.1. The second-order valence-electron chi connectivity index (χ2n) is 4.05. The van der Waals surface area contributed by atoms with Crippen molar-refractivity contribution < 1.29 is 4.74 Å². The summed E-state index contributed by atoms with van der Waals surface area (Å²) < 4.78 is 5.47. The Hall–Kier alpha value is -1.02. The van der Waals surface area contributed by atoms with Gasteiger partial charge in [0.1, 0.15) is 5.75 Å². The van der Waals surface area contributed by atoms with Gasteiger partial charge in [-0.05, 0) is 31.5 Å². The topological polar surface area (TPSA) is 21.3 Å². The Morgan fingerprint density at radius 1 is 1.27 bits per heavy atom. The lowest BCUT2D eigenvalue weighted by Crippen LogP contribution is -2.25. The Labute approximate surface area is 92.6 Å². The average Bonchev–Trinajstić information content (AvgIpc) is 2.17. The van der Waals surface area contributed by atoms with E-state index in [0.29, 0.717) is 12.1 Å². The van der Waals surface area contributed by atoms with Crippen LogP contribution in [0.2, 0.25) is 0 Å². The quantitative estimate of drug-likeness (QED) is 0.801. The van der Waals surface area contributed by atoms with Crippen molar-refractivity contribution in [2.24, 2.45) is 0 Å². The van der Waals surface area contributed by atoms with Crippen LogP contribution in [0.5, 0.6) is 5.75 Å². The summed E-state index contributed by atoms with van der Waals surface area (Å²) in [6.07, 6.45) is 0. The third kappa shape index (κ3) is 3.92. The van der Waals surface area contributed by atoms with Gasteiger partial charge in [0.05, 0.1) is 6.61 Å². The van der Waals surface area contributed by atoms with Crippen molar-refractivity contribution in [1.82, 2.24) is 5.32 Å². The van der Waals surface area contributed by atoms with Crippen LogP contribution in [0.15, 0.2) is 24.3 Å². The van der Waals surface area contributed by atoms with Crippen molar-refractivity contribution in [2.45, 2.75) is 39.8 Å². The van der Waals surface area contributed by atoms with Crippen LogP contribution in [0.4, 0.5) is 0 Å². The fourth-order valence-electron chi connectivity index (χ4n) is 1.64. The lowest BCUT2D eigenvalue weighted by atomic mass is 10.1. The number of rotatable bonds is 5. The van der Waals surface area contributed by atoms with Crippen molar-refractivity contribution in [3.63, 3.8) is 0 Å². The highest BCUT2D eigenvalue weighted by Crippen LogP contribution is 2.19. The van der Waals surface area contributed by atoms with E-state index in [4.69, 9.17) is 4.74 Å². The first-order chi connectivity index (χ1) is 7.13. The molecule has 0 spiro atoms. The third-order valence-corrected chi connectivity index (χ3v) is 2.25. The molecule has 2 heteroatoms. The molecule has 0 aliphatic heterocycles. The highest BCUT2D eigenvalue weighted by molar-refractivity contribution is 5.30. The lowest BCUT2D eigenvalue weighted by molar-refractivity contribution is 0.339. The average molecular weight is 207 g/mol. The fourth-order valence-corrected chi connectivity index (χ4v) is 1.64. The molecule has 1 N–H and O–H groups in total. The molecule has 0 amide bonds. The number of ether oxygens (including phenoxy) is 1. The second kappa shape index (κ2) is 5.76. The molecule has 0 heterocycles. The molecule has 0 saturated carbocycles. The summed E-state index contributed by atoms with van der Waals surface area (Å²) in [4.78, 5) is 0. The zero-order chi connectivity index (χ0) is 11.3. The van der Waals surface area contributed by atoms with E-state index in [9.17, 15) is 0 Å². The van der Waals surface area contributed by atoms with E-state index in [-0.39, 0.29) is 0 Å². The van der Waals surface area contributed by atoms with Crippen molar-refractivity contribution in [3.05, 3.63) is 29.8 Å². The first-order valence-corrected chi connectivity index (χ1v) is 5.62. The summed E-state index contributed by atoms with van der Waals surface area (Å²) in [6, 6.07) is 9.13. The minimum absolute atomic E-state index is 0.366. The van der Waals surface area contributed by atoms with E-state index in [2.05, 4.69) is 38.2 Å². The van der Waals surface area contributed by atoms with Crippen LogP contribution in [-0.2, 0) is 0 Å². The number of hydrogen-bond donors (Lipinski definition) is 1.